The van der Waals surface area contributed by atoms with Crippen LogP contribution >= 0.6 is 0 Å². The van der Waals surface area contributed by atoms with Crippen LogP contribution in [0.1, 0.15) is 36.8 Å². The molecule has 0 aromatic heterocycles. The van der Waals surface area contributed by atoms with Gasteiger partial charge in [-0.25, -0.2) is 0 Å². The van der Waals surface area contributed by atoms with Crippen LogP contribution < -0.4 is 5.32 Å². The van der Waals surface area contributed by atoms with Crippen molar-refractivity contribution in [2.45, 2.75) is 32.6 Å². The van der Waals surface area contributed by atoms with Gasteiger partial charge in [-0.2, -0.15) is 5.26 Å². The molecule has 2 N–H and O–H groups in total. The van der Waals surface area contributed by atoms with Crippen molar-refractivity contribution >= 4 is 5.69 Å². The Morgan fingerprint density at radius 3 is 2.71 bits per heavy atom. The third-order valence-corrected chi connectivity index (χ3v) is 2.70. The Hall–Kier alpha value is -1.53. The number of hydrogen-bond donors (Lipinski definition) is 2. The minimum Gasteiger partial charge on any atom is -0.396 e. The summed E-state index contributed by atoms with van der Waals surface area (Å²) in [6, 6.07) is 8.07. The van der Waals surface area contributed by atoms with Gasteiger partial charge in [0.25, 0.3) is 0 Å². The smallest absolute Gasteiger partial charge is 0.101 e. The number of aliphatic hydroxyl groups is 1. The molecule has 0 amide bonds. The van der Waals surface area contributed by atoms with Crippen molar-refractivity contribution in [3.05, 3.63) is 29.3 Å². The summed E-state index contributed by atoms with van der Waals surface area (Å²) in [7, 11) is 0. The second kappa shape index (κ2) is 7.70. The fraction of sp³-hybridized carbons (Fsp3) is 0.500. The highest BCUT2D eigenvalue weighted by Gasteiger charge is 2.00. The number of nitrogens with zero attached hydrogens (tertiary/aromatic N) is 1. The maximum absolute atomic E-state index is 9.00. The van der Waals surface area contributed by atoms with Crippen molar-refractivity contribution in [2.75, 3.05) is 18.5 Å². The van der Waals surface area contributed by atoms with Gasteiger partial charge in [-0.1, -0.05) is 18.9 Å². The van der Waals surface area contributed by atoms with Crippen molar-refractivity contribution in [3.63, 3.8) is 0 Å². The van der Waals surface area contributed by atoms with E-state index in [0.29, 0.717) is 5.56 Å². The van der Waals surface area contributed by atoms with Crippen LogP contribution in [0.2, 0.25) is 0 Å². The maximum atomic E-state index is 9.00. The standard InChI is InChI=1S/C14H20N2O/c1-12-6-7-14(13(10-12)11-15)16-8-4-2-3-5-9-17/h6-7,10,16-17H,2-5,8-9H2,1H3. The molecular formula is C14H20N2O. The summed E-state index contributed by atoms with van der Waals surface area (Å²) in [5, 5.41) is 20.9. The van der Waals surface area contributed by atoms with E-state index in [0.717, 1.165) is 43.5 Å². The van der Waals surface area contributed by atoms with E-state index in [1.807, 2.05) is 25.1 Å². The van der Waals surface area contributed by atoms with Crippen molar-refractivity contribution < 1.29 is 5.11 Å². The predicted octanol–water partition coefficient (Wildman–Crippen LogP) is 2.83. The highest BCUT2D eigenvalue weighted by molar-refractivity contribution is 5.58. The van der Waals surface area contributed by atoms with Gasteiger partial charge >= 0.3 is 0 Å². The highest BCUT2D eigenvalue weighted by Crippen LogP contribution is 2.16. The number of unbranched alkanes of at least 4 members (excludes halogenated alkanes) is 3. The van der Waals surface area contributed by atoms with Gasteiger partial charge in [0.15, 0.2) is 0 Å². The molecule has 0 aliphatic heterocycles. The zero-order valence-electron chi connectivity index (χ0n) is 10.4. The van der Waals surface area contributed by atoms with Crippen molar-refractivity contribution in [1.29, 1.82) is 5.26 Å². The van der Waals surface area contributed by atoms with Crippen LogP contribution in [0.15, 0.2) is 18.2 Å². The number of rotatable bonds is 7. The molecule has 3 nitrogen and oxygen atoms in total. The summed E-state index contributed by atoms with van der Waals surface area (Å²) in [4.78, 5) is 0. The van der Waals surface area contributed by atoms with Gasteiger partial charge < -0.3 is 10.4 Å². The SMILES string of the molecule is Cc1ccc(NCCCCCCO)c(C#N)c1. The first-order chi connectivity index (χ1) is 8.27. The largest absolute Gasteiger partial charge is 0.396 e. The van der Waals surface area contributed by atoms with Crippen LogP contribution in [-0.2, 0) is 0 Å². The third kappa shape index (κ3) is 4.88. The van der Waals surface area contributed by atoms with Crippen molar-refractivity contribution in [3.8, 4) is 6.07 Å². The summed E-state index contributed by atoms with van der Waals surface area (Å²) in [6.45, 7) is 3.15. The van der Waals surface area contributed by atoms with E-state index in [4.69, 9.17) is 10.4 Å². The Kier molecular flexibility index (Phi) is 6.13. The number of benzene rings is 1. The lowest BCUT2D eigenvalue weighted by Gasteiger charge is -2.08. The van der Waals surface area contributed by atoms with Crippen LogP contribution in [0, 0.1) is 18.3 Å². The molecule has 1 rings (SSSR count). The van der Waals surface area contributed by atoms with E-state index in [1.165, 1.54) is 0 Å². The van der Waals surface area contributed by atoms with E-state index < -0.39 is 0 Å². The van der Waals surface area contributed by atoms with Gasteiger partial charge in [-0.05, 0) is 37.5 Å². The summed E-state index contributed by atoms with van der Waals surface area (Å²) >= 11 is 0. The monoisotopic (exact) mass is 232 g/mol. The van der Waals surface area contributed by atoms with Gasteiger partial charge in [0, 0.05) is 13.2 Å². The summed E-state index contributed by atoms with van der Waals surface area (Å²) in [6.07, 6.45) is 4.13. The number of nitriles is 1. The van der Waals surface area contributed by atoms with Crippen LogP contribution in [0.3, 0.4) is 0 Å². The fourth-order valence-corrected chi connectivity index (χ4v) is 1.72. The molecule has 0 spiro atoms. The molecule has 1 aromatic carbocycles. The molecule has 0 saturated carbocycles. The van der Waals surface area contributed by atoms with Gasteiger partial charge in [0.2, 0.25) is 0 Å². The van der Waals surface area contributed by atoms with Gasteiger partial charge in [-0.15, -0.1) is 0 Å². The van der Waals surface area contributed by atoms with Crippen molar-refractivity contribution in [1.82, 2.24) is 0 Å². The lowest BCUT2D eigenvalue weighted by atomic mass is 10.1. The first-order valence-electron chi connectivity index (χ1n) is 6.13. The Morgan fingerprint density at radius 1 is 1.24 bits per heavy atom. The number of hydrogen-bond acceptors (Lipinski definition) is 3. The molecule has 0 aliphatic carbocycles. The Bertz CT molecular complexity index is 382. The minimum absolute atomic E-state index is 0.282. The molecule has 0 bridgehead atoms. The molecule has 0 unspecified atom stereocenters. The van der Waals surface area contributed by atoms with Crippen LogP contribution in [-0.4, -0.2) is 18.3 Å². The number of anilines is 1. The quantitative estimate of drug-likeness (QED) is 0.711. The van der Waals surface area contributed by atoms with E-state index >= 15 is 0 Å². The Labute approximate surface area is 103 Å². The Morgan fingerprint density at radius 2 is 2.00 bits per heavy atom. The highest BCUT2D eigenvalue weighted by atomic mass is 16.2. The van der Waals surface area contributed by atoms with Crippen LogP contribution in [0.4, 0.5) is 5.69 Å². The van der Waals surface area contributed by atoms with Crippen molar-refractivity contribution in [2.24, 2.45) is 0 Å². The maximum Gasteiger partial charge on any atom is 0.101 e. The average molecular weight is 232 g/mol. The summed E-state index contributed by atoms with van der Waals surface area (Å²) in [5.41, 5.74) is 2.73. The molecule has 17 heavy (non-hydrogen) atoms. The molecule has 1 aromatic rings. The number of nitrogens with one attached hydrogen (secondary N) is 1. The molecule has 3 heteroatoms. The zero-order chi connectivity index (χ0) is 12.5. The van der Waals surface area contributed by atoms with E-state index in [-0.39, 0.29) is 6.61 Å². The lowest BCUT2D eigenvalue weighted by Crippen LogP contribution is -2.03. The normalized spacial score (nSPS) is 9.94. The Balaban J connectivity index is 2.34. The second-order valence-corrected chi connectivity index (χ2v) is 4.23. The second-order valence-electron chi connectivity index (χ2n) is 4.23. The molecule has 0 radical (unpaired) electrons. The zero-order valence-corrected chi connectivity index (χ0v) is 10.4. The lowest BCUT2D eigenvalue weighted by molar-refractivity contribution is 0.283. The molecule has 0 atom stereocenters. The molecular weight excluding hydrogens is 212 g/mol. The van der Waals surface area contributed by atoms with Gasteiger partial charge in [-0.3, -0.25) is 0 Å². The molecule has 0 fully saturated rings. The molecule has 92 valence electrons. The number of aryl methyl sites for hydroxylation is 1. The molecule has 0 aliphatic rings. The third-order valence-electron chi connectivity index (χ3n) is 2.70. The first kappa shape index (κ1) is 13.5. The fourth-order valence-electron chi connectivity index (χ4n) is 1.72. The van der Waals surface area contributed by atoms with E-state index in [9.17, 15) is 0 Å². The number of aliphatic hydroxyl groups excluding tert-OH is 1. The van der Waals surface area contributed by atoms with Crippen LogP contribution in [0.5, 0.6) is 0 Å². The molecule has 0 heterocycles. The van der Waals surface area contributed by atoms with E-state index in [2.05, 4.69) is 11.4 Å². The minimum atomic E-state index is 0.282. The summed E-state index contributed by atoms with van der Waals surface area (Å²) in [5.74, 6) is 0. The topological polar surface area (TPSA) is 56.0 Å². The van der Waals surface area contributed by atoms with E-state index in [1.54, 1.807) is 0 Å². The predicted molar refractivity (Wildman–Crippen MR) is 69.9 cm³/mol. The van der Waals surface area contributed by atoms with Crippen LogP contribution in [0.25, 0.3) is 0 Å². The van der Waals surface area contributed by atoms with Gasteiger partial charge in [0.05, 0.1) is 11.3 Å². The molecule has 0 saturated heterocycles. The summed E-state index contributed by atoms with van der Waals surface area (Å²) < 4.78 is 0. The first-order valence-corrected chi connectivity index (χ1v) is 6.13. The van der Waals surface area contributed by atoms with Gasteiger partial charge in [0.1, 0.15) is 6.07 Å². The average Bonchev–Trinajstić information content (AvgIpc) is 2.35.